The zero-order valence-electron chi connectivity index (χ0n) is 6.94. The summed E-state index contributed by atoms with van der Waals surface area (Å²) in [7, 11) is 0. The van der Waals surface area contributed by atoms with Crippen LogP contribution in [0.1, 0.15) is 13.3 Å². The first-order chi connectivity index (χ1) is 6.12. The standard InChI is InChI=1S/C6H7F5O3/c1-2-3(4(12)13)14-6(10,11)5(7,8)9/h3H,2H2,1H3,(H,12,13). The van der Waals surface area contributed by atoms with Gasteiger partial charge < -0.3 is 5.11 Å². The molecule has 0 aromatic heterocycles. The minimum Gasteiger partial charge on any atom is -0.479 e. The third kappa shape index (κ3) is 3.09. The second-order valence-corrected chi connectivity index (χ2v) is 2.37. The van der Waals surface area contributed by atoms with Crippen molar-refractivity contribution in [3.8, 4) is 0 Å². The van der Waals surface area contributed by atoms with E-state index in [0.717, 1.165) is 6.92 Å². The van der Waals surface area contributed by atoms with Crippen molar-refractivity contribution in [1.82, 2.24) is 0 Å². The number of carbonyl (C=O) groups is 1. The fourth-order valence-electron chi connectivity index (χ4n) is 0.554. The first-order valence-electron chi connectivity index (χ1n) is 3.47. The molecule has 0 saturated heterocycles. The van der Waals surface area contributed by atoms with E-state index in [-0.39, 0.29) is 0 Å². The minimum atomic E-state index is -5.91. The van der Waals surface area contributed by atoms with E-state index in [1.54, 1.807) is 0 Å². The molecule has 0 radical (unpaired) electrons. The van der Waals surface area contributed by atoms with E-state index < -0.39 is 30.8 Å². The molecule has 0 aliphatic heterocycles. The third-order valence-corrected chi connectivity index (χ3v) is 1.27. The molecule has 0 saturated carbocycles. The number of hydrogen-bond donors (Lipinski definition) is 1. The molecule has 0 bridgehead atoms. The van der Waals surface area contributed by atoms with Crippen molar-refractivity contribution in [3.05, 3.63) is 0 Å². The molecule has 1 N–H and O–H groups in total. The molecule has 0 aliphatic carbocycles. The van der Waals surface area contributed by atoms with E-state index >= 15 is 0 Å². The van der Waals surface area contributed by atoms with Gasteiger partial charge in [0.05, 0.1) is 0 Å². The van der Waals surface area contributed by atoms with Gasteiger partial charge in [0.15, 0.2) is 6.10 Å². The molecule has 0 fully saturated rings. The molecule has 3 nitrogen and oxygen atoms in total. The van der Waals surface area contributed by atoms with Crippen LogP contribution in [0.25, 0.3) is 0 Å². The van der Waals surface area contributed by atoms with Gasteiger partial charge >= 0.3 is 18.3 Å². The molecule has 0 rings (SSSR count). The zero-order valence-corrected chi connectivity index (χ0v) is 6.94. The maximum Gasteiger partial charge on any atom is 0.482 e. The van der Waals surface area contributed by atoms with E-state index in [2.05, 4.69) is 4.74 Å². The van der Waals surface area contributed by atoms with Gasteiger partial charge in [-0.1, -0.05) is 6.92 Å². The predicted octanol–water partition coefficient (Wildman–Crippen LogP) is 2.02. The number of rotatable bonds is 4. The second kappa shape index (κ2) is 4.07. The molecule has 14 heavy (non-hydrogen) atoms. The summed E-state index contributed by atoms with van der Waals surface area (Å²) < 4.78 is 62.0. The Morgan fingerprint density at radius 2 is 1.79 bits per heavy atom. The Morgan fingerprint density at radius 1 is 1.36 bits per heavy atom. The monoisotopic (exact) mass is 222 g/mol. The number of halogens is 5. The van der Waals surface area contributed by atoms with E-state index in [1.165, 1.54) is 0 Å². The van der Waals surface area contributed by atoms with Crippen molar-refractivity contribution < 1.29 is 36.6 Å². The van der Waals surface area contributed by atoms with E-state index in [0.29, 0.717) is 0 Å². The Labute approximate surface area is 75.5 Å². The molecule has 0 spiro atoms. The molecule has 8 heteroatoms. The van der Waals surface area contributed by atoms with Crippen LogP contribution in [0.15, 0.2) is 0 Å². The summed E-state index contributed by atoms with van der Waals surface area (Å²) in [5.74, 6) is -1.86. The molecule has 0 aromatic carbocycles. The highest BCUT2D eigenvalue weighted by molar-refractivity contribution is 5.72. The van der Waals surface area contributed by atoms with Crippen LogP contribution in [0.2, 0.25) is 0 Å². The van der Waals surface area contributed by atoms with Crippen molar-refractivity contribution in [1.29, 1.82) is 0 Å². The summed E-state index contributed by atoms with van der Waals surface area (Å²) in [6.45, 7) is 1.12. The van der Waals surface area contributed by atoms with Crippen LogP contribution in [0.3, 0.4) is 0 Å². The molecule has 0 aliphatic rings. The number of carboxylic acid groups (broad SMARTS) is 1. The Bertz CT molecular complexity index is 212. The summed E-state index contributed by atoms with van der Waals surface area (Å²) in [5.41, 5.74) is 0. The van der Waals surface area contributed by atoms with Gasteiger partial charge in [0, 0.05) is 0 Å². The Hall–Kier alpha value is -0.920. The van der Waals surface area contributed by atoms with Gasteiger partial charge in [0.25, 0.3) is 0 Å². The smallest absolute Gasteiger partial charge is 0.479 e. The summed E-state index contributed by atoms with van der Waals surface area (Å²) in [6, 6.07) is 0. The first-order valence-corrected chi connectivity index (χ1v) is 3.47. The van der Waals surface area contributed by atoms with Crippen molar-refractivity contribution >= 4 is 5.97 Å². The van der Waals surface area contributed by atoms with Crippen molar-refractivity contribution in [2.24, 2.45) is 0 Å². The molecule has 0 amide bonds. The average Bonchev–Trinajstić information content (AvgIpc) is 1.97. The van der Waals surface area contributed by atoms with Crippen molar-refractivity contribution in [2.75, 3.05) is 0 Å². The number of carboxylic acids is 1. The topological polar surface area (TPSA) is 46.5 Å². The number of alkyl halides is 5. The van der Waals surface area contributed by atoms with Crippen LogP contribution < -0.4 is 0 Å². The predicted molar refractivity (Wildman–Crippen MR) is 33.8 cm³/mol. The van der Waals surface area contributed by atoms with Gasteiger partial charge in [-0.05, 0) is 6.42 Å². The van der Waals surface area contributed by atoms with Gasteiger partial charge in [0.1, 0.15) is 0 Å². The Morgan fingerprint density at radius 3 is 2.00 bits per heavy atom. The molecule has 0 heterocycles. The van der Waals surface area contributed by atoms with Gasteiger partial charge in [-0.3, -0.25) is 4.74 Å². The number of hydrogen-bond acceptors (Lipinski definition) is 2. The highest BCUT2D eigenvalue weighted by Gasteiger charge is 2.61. The Balaban J connectivity index is 4.56. The van der Waals surface area contributed by atoms with Crippen LogP contribution >= 0.6 is 0 Å². The van der Waals surface area contributed by atoms with E-state index in [1.807, 2.05) is 0 Å². The van der Waals surface area contributed by atoms with Crippen molar-refractivity contribution in [3.63, 3.8) is 0 Å². The SMILES string of the molecule is CCC(OC(F)(F)C(F)(F)F)C(=O)O. The number of ether oxygens (including phenoxy) is 1. The highest BCUT2D eigenvalue weighted by atomic mass is 19.4. The van der Waals surface area contributed by atoms with E-state index in [9.17, 15) is 26.7 Å². The zero-order chi connectivity index (χ0) is 11.6. The molecular formula is C6H7F5O3. The van der Waals surface area contributed by atoms with Gasteiger partial charge in [-0.15, -0.1) is 0 Å². The summed E-state index contributed by atoms with van der Waals surface area (Å²) >= 11 is 0. The van der Waals surface area contributed by atoms with Gasteiger partial charge in [-0.25, -0.2) is 4.79 Å². The lowest BCUT2D eigenvalue weighted by molar-refractivity contribution is -0.399. The Kier molecular flexibility index (Phi) is 3.81. The minimum absolute atomic E-state index is 0.485. The molecule has 1 atom stereocenters. The third-order valence-electron chi connectivity index (χ3n) is 1.27. The van der Waals surface area contributed by atoms with Crippen LogP contribution in [-0.4, -0.2) is 29.5 Å². The molecule has 84 valence electrons. The van der Waals surface area contributed by atoms with Crippen LogP contribution in [0.4, 0.5) is 22.0 Å². The maximum absolute atomic E-state index is 12.1. The fraction of sp³-hybridized carbons (Fsp3) is 0.833. The van der Waals surface area contributed by atoms with Crippen LogP contribution in [0, 0.1) is 0 Å². The highest BCUT2D eigenvalue weighted by Crippen LogP contribution is 2.37. The second-order valence-electron chi connectivity index (χ2n) is 2.37. The van der Waals surface area contributed by atoms with Crippen molar-refractivity contribution in [2.45, 2.75) is 31.7 Å². The first kappa shape index (κ1) is 13.1. The summed E-state index contributed by atoms with van der Waals surface area (Å²) in [6.07, 6.45) is -14.0. The lowest BCUT2D eigenvalue weighted by atomic mass is 10.3. The summed E-state index contributed by atoms with van der Waals surface area (Å²) in [4.78, 5) is 10.1. The molecular weight excluding hydrogens is 215 g/mol. The normalized spacial score (nSPS) is 15.3. The number of aliphatic carboxylic acids is 1. The average molecular weight is 222 g/mol. The fourth-order valence-corrected chi connectivity index (χ4v) is 0.554. The molecule has 0 aromatic rings. The lowest BCUT2D eigenvalue weighted by Crippen LogP contribution is -2.44. The van der Waals surface area contributed by atoms with Crippen LogP contribution in [-0.2, 0) is 9.53 Å². The lowest BCUT2D eigenvalue weighted by Gasteiger charge is -2.22. The quantitative estimate of drug-likeness (QED) is 0.740. The maximum atomic E-state index is 12.1. The van der Waals surface area contributed by atoms with Gasteiger partial charge in [0.2, 0.25) is 0 Å². The van der Waals surface area contributed by atoms with Gasteiger partial charge in [-0.2, -0.15) is 22.0 Å². The summed E-state index contributed by atoms with van der Waals surface area (Å²) in [5, 5.41) is 8.18. The van der Waals surface area contributed by atoms with Crippen LogP contribution in [0.5, 0.6) is 0 Å². The largest absolute Gasteiger partial charge is 0.482 e. The molecule has 1 unspecified atom stereocenters. The van der Waals surface area contributed by atoms with E-state index in [4.69, 9.17) is 5.11 Å².